The third-order valence-electron chi connectivity index (χ3n) is 2.01. The zero-order valence-corrected chi connectivity index (χ0v) is 7.40. The van der Waals surface area contributed by atoms with Crippen LogP contribution in [0.15, 0.2) is 48.7 Å². The van der Waals surface area contributed by atoms with E-state index in [2.05, 4.69) is 6.58 Å². The molecule has 0 atom stereocenters. The molecule has 14 heavy (non-hydrogen) atoms. The Morgan fingerprint density at radius 1 is 1.14 bits per heavy atom. The second-order valence-corrected chi connectivity index (χ2v) is 2.97. The lowest BCUT2D eigenvalue weighted by Gasteiger charge is -2.16. The molecule has 1 aliphatic heterocycles. The van der Waals surface area contributed by atoms with Crippen LogP contribution in [0.4, 0.5) is 10.1 Å². The maximum atomic E-state index is 12.6. The van der Waals surface area contributed by atoms with E-state index in [1.165, 1.54) is 23.1 Å². The second kappa shape index (κ2) is 3.10. The highest BCUT2D eigenvalue weighted by atomic mass is 19.1. The van der Waals surface area contributed by atoms with Crippen LogP contribution in [0.3, 0.4) is 0 Å². The minimum absolute atomic E-state index is 0.151. The van der Waals surface area contributed by atoms with Crippen LogP contribution in [0.5, 0.6) is 0 Å². The summed E-state index contributed by atoms with van der Waals surface area (Å²) in [6.07, 6.45) is 3.07. The van der Waals surface area contributed by atoms with Crippen LogP contribution in [0.1, 0.15) is 0 Å². The fourth-order valence-corrected chi connectivity index (χ4v) is 1.34. The molecule has 0 bridgehead atoms. The minimum atomic E-state index is -0.320. The third-order valence-corrected chi connectivity index (χ3v) is 2.01. The maximum Gasteiger partial charge on any atom is 0.255 e. The largest absolute Gasteiger partial charge is 0.278 e. The first-order chi connectivity index (χ1) is 6.68. The molecule has 0 aromatic heterocycles. The van der Waals surface area contributed by atoms with Gasteiger partial charge in [-0.25, -0.2) is 4.39 Å². The minimum Gasteiger partial charge on any atom is -0.278 e. The van der Waals surface area contributed by atoms with Crippen molar-refractivity contribution in [2.24, 2.45) is 0 Å². The first kappa shape index (κ1) is 8.69. The van der Waals surface area contributed by atoms with Crippen LogP contribution in [0, 0.1) is 5.82 Å². The Balaban J connectivity index is 2.36. The summed E-state index contributed by atoms with van der Waals surface area (Å²) in [5, 5.41) is 0. The van der Waals surface area contributed by atoms with E-state index in [0.29, 0.717) is 11.4 Å². The summed E-state index contributed by atoms with van der Waals surface area (Å²) in [5.41, 5.74) is 1.23. The summed E-state index contributed by atoms with van der Waals surface area (Å²) < 4.78 is 12.6. The SMILES string of the molecule is C=C1C=CC(=O)N1c1ccc(F)cc1. The Labute approximate surface area is 81.0 Å². The number of benzene rings is 1. The number of amides is 1. The number of hydrogen-bond acceptors (Lipinski definition) is 1. The molecule has 1 aromatic carbocycles. The van der Waals surface area contributed by atoms with Gasteiger partial charge in [-0.3, -0.25) is 9.69 Å². The highest BCUT2D eigenvalue weighted by Crippen LogP contribution is 2.23. The van der Waals surface area contributed by atoms with E-state index >= 15 is 0 Å². The molecule has 0 saturated heterocycles. The molecule has 0 radical (unpaired) electrons. The molecule has 3 heteroatoms. The monoisotopic (exact) mass is 189 g/mol. The van der Waals surface area contributed by atoms with Gasteiger partial charge in [0, 0.05) is 17.5 Å². The van der Waals surface area contributed by atoms with Gasteiger partial charge >= 0.3 is 0 Å². The van der Waals surface area contributed by atoms with Crippen molar-refractivity contribution in [1.29, 1.82) is 0 Å². The van der Waals surface area contributed by atoms with Crippen molar-refractivity contribution in [3.63, 3.8) is 0 Å². The Kier molecular flexibility index (Phi) is 1.93. The molecular formula is C11H8FNO. The highest BCUT2D eigenvalue weighted by Gasteiger charge is 2.19. The van der Waals surface area contributed by atoms with Crippen LogP contribution in [-0.4, -0.2) is 5.91 Å². The topological polar surface area (TPSA) is 20.3 Å². The van der Waals surface area contributed by atoms with E-state index in [1.807, 2.05) is 0 Å². The first-order valence-corrected chi connectivity index (χ1v) is 4.15. The van der Waals surface area contributed by atoms with E-state index in [4.69, 9.17) is 0 Å². The summed E-state index contributed by atoms with van der Waals surface area (Å²) in [6, 6.07) is 5.72. The molecule has 0 aliphatic carbocycles. The molecule has 0 saturated carbocycles. The molecule has 70 valence electrons. The normalized spacial score (nSPS) is 15.4. The first-order valence-electron chi connectivity index (χ1n) is 4.15. The van der Waals surface area contributed by atoms with E-state index in [-0.39, 0.29) is 11.7 Å². The van der Waals surface area contributed by atoms with E-state index in [1.54, 1.807) is 18.2 Å². The van der Waals surface area contributed by atoms with Gasteiger partial charge in [0.25, 0.3) is 5.91 Å². The van der Waals surface area contributed by atoms with Gasteiger partial charge in [0.15, 0.2) is 0 Å². The molecule has 0 spiro atoms. The van der Waals surface area contributed by atoms with Crippen molar-refractivity contribution in [1.82, 2.24) is 0 Å². The van der Waals surface area contributed by atoms with Gasteiger partial charge in [0.2, 0.25) is 0 Å². The van der Waals surface area contributed by atoms with Gasteiger partial charge in [-0.15, -0.1) is 0 Å². The number of nitrogens with zero attached hydrogens (tertiary/aromatic N) is 1. The zero-order chi connectivity index (χ0) is 10.1. The molecule has 2 rings (SSSR count). The van der Waals surface area contributed by atoms with Crippen molar-refractivity contribution >= 4 is 11.6 Å². The summed E-state index contributed by atoms with van der Waals surface area (Å²) in [4.78, 5) is 12.8. The van der Waals surface area contributed by atoms with Crippen molar-refractivity contribution in [3.8, 4) is 0 Å². The van der Waals surface area contributed by atoms with Crippen LogP contribution in [0.25, 0.3) is 0 Å². The molecular weight excluding hydrogens is 181 g/mol. The number of anilines is 1. The number of rotatable bonds is 1. The number of hydrogen-bond donors (Lipinski definition) is 0. The van der Waals surface area contributed by atoms with Crippen LogP contribution >= 0.6 is 0 Å². The van der Waals surface area contributed by atoms with Gasteiger partial charge in [0.05, 0.1) is 0 Å². The molecule has 0 fully saturated rings. The van der Waals surface area contributed by atoms with Gasteiger partial charge < -0.3 is 0 Å². The molecule has 0 N–H and O–H groups in total. The van der Waals surface area contributed by atoms with Gasteiger partial charge in [-0.05, 0) is 30.3 Å². The summed E-state index contributed by atoms with van der Waals surface area (Å²) >= 11 is 0. The number of carbonyl (C=O) groups excluding carboxylic acids is 1. The Hall–Kier alpha value is -1.90. The van der Waals surface area contributed by atoms with Gasteiger partial charge in [-0.1, -0.05) is 6.58 Å². The third kappa shape index (κ3) is 1.33. The number of allylic oxidation sites excluding steroid dienone is 1. The van der Waals surface area contributed by atoms with Gasteiger partial charge in [-0.2, -0.15) is 0 Å². The van der Waals surface area contributed by atoms with E-state index < -0.39 is 0 Å². The Morgan fingerprint density at radius 2 is 1.79 bits per heavy atom. The predicted octanol–water partition coefficient (Wildman–Crippen LogP) is 2.24. The van der Waals surface area contributed by atoms with E-state index in [0.717, 1.165) is 0 Å². The van der Waals surface area contributed by atoms with Crippen LogP contribution in [0.2, 0.25) is 0 Å². The zero-order valence-electron chi connectivity index (χ0n) is 7.40. The predicted molar refractivity (Wildman–Crippen MR) is 52.2 cm³/mol. The van der Waals surface area contributed by atoms with Crippen LogP contribution in [-0.2, 0) is 4.79 Å². The van der Waals surface area contributed by atoms with E-state index in [9.17, 15) is 9.18 Å². The fraction of sp³-hybridized carbons (Fsp3) is 0. The maximum absolute atomic E-state index is 12.6. The van der Waals surface area contributed by atoms with Gasteiger partial charge in [0.1, 0.15) is 5.82 Å². The molecule has 1 aliphatic rings. The van der Waals surface area contributed by atoms with Crippen molar-refractivity contribution in [3.05, 3.63) is 54.5 Å². The molecule has 1 aromatic rings. The molecule has 1 heterocycles. The summed E-state index contributed by atoms with van der Waals surface area (Å²) in [6.45, 7) is 3.71. The quantitative estimate of drug-likeness (QED) is 0.663. The summed E-state index contributed by atoms with van der Waals surface area (Å²) in [7, 11) is 0. The average Bonchev–Trinajstić information content (AvgIpc) is 2.49. The average molecular weight is 189 g/mol. The second-order valence-electron chi connectivity index (χ2n) is 2.97. The van der Waals surface area contributed by atoms with Crippen LogP contribution < -0.4 is 4.90 Å². The summed E-state index contributed by atoms with van der Waals surface area (Å²) in [5.74, 6) is -0.472. The Bertz CT molecular complexity index is 401. The highest BCUT2D eigenvalue weighted by molar-refractivity contribution is 6.07. The lowest BCUT2D eigenvalue weighted by Crippen LogP contribution is -2.22. The molecule has 0 unspecified atom stereocenters. The van der Waals surface area contributed by atoms with Crippen molar-refractivity contribution in [2.75, 3.05) is 4.90 Å². The molecule has 1 amide bonds. The smallest absolute Gasteiger partial charge is 0.255 e. The molecule has 2 nitrogen and oxygen atoms in total. The lowest BCUT2D eigenvalue weighted by molar-refractivity contribution is -0.113. The van der Waals surface area contributed by atoms with Crippen molar-refractivity contribution in [2.45, 2.75) is 0 Å². The standard InChI is InChI=1S/C11H8FNO/c1-8-2-7-11(14)13(8)10-5-3-9(12)4-6-10/h2-7H,1H2. The van der Waals surface area contributed by atoms with Crippen molar-refractivity contribution < 1.29 is 9.18 Å². The lowest BCUT2D eigenvalue weighted by atomic mass is 10.3. The fourth-order valence-electron chi connectivity index (χ4n) is 1.34. The Morgan fingerprint density at radius 3 is 2.29 bits per heavy atom. The number of carbonyl (C=O) groups is 1. The number of halogens is 1.